The van der Waals surface area contributed by atoms with Crippen LogP contribution in [0.1, 0.15) is 19.8 Å². The second kappa shape index (κ2) is 7.76. The number of para-hydroxylation sites is 1. The highest BCUT2D eigenvalue weighted by Gasteiger charge is 2.13. The van der Waals surface area contributed by atoms with Crippen molar-refractivity contribution in [3.05, 3.63) is 30.3 Å². The van der Waals surface area contributed by atoms with Crippen molar-refractivity contribution in [2.75, 3.05) is 11.1 Å². The highest BCUT2D eigenvalue weighted by molar-refractivity contribution is 8.00. The Labute approximate surface area is 111 Å². The Bertz CT molecular complexity index is 394. The highest BCUT2D eigenvalue weighted by Crippen LogP contribution is 2.15. The van der Waals surface area contributed by atoms with Crippen LogP contribution in [0.4, 0.5) is 5.69 Å². The average Bonchev–Trinajstić information content (AvgIpc) is 2.35. The van der Waals surface area contributed by atoms with Crippen molar-refractivity contribution in [1.29, 1.82) is 0 Å². The van der Waals surface area contributed by atoms with Gasteiger partial charge in [0.05, 0.1) is 5.25 Å². The Kier molecular flexibility index (Phi) is 6.28. The standard InChI is InChI=1S/C13H17NO3S/c1-10(18-9-5-8-12(15)16)13(17)14-11-6-3-2-4-7-11/h2-4,6-7,10H,5,8-9H2,1H3,(H,14,17)(H,15,16). The van der Waals surface area contributed by atoms with Gasteiger partial charge in [0, 0.05) is 12.1 Å². The molecule has 1 atom stereocenters. The van der Waals surface area contributed by atoms with Crippen molar-refractivity contribution in [3.8, 4) is 0 Å². The van der Waals surface area contributed by atoms with Crippen LogP contribution >= 0.6 is 11.8 Å². The summed E-state index contributed by atoms with van der Waals surface area (Å²) in [5.41, 5.74) is 0.778. The first kappa shape index (κ1) is 14.6. The molecule has 1 aromatic carbocycles. The molecule has 0 aliphatic heterocycles. The Morgan fingerprint density at radius 2 is 2.00 bits per heavy atom. The molecular formula is C13H17NO3S. The number of nitrogens with one attached hydrogen (secondary N) is 1. The molecule has 0 aliphatic carbocycles. The van der Waals surface area contributed by atoms with Gasteiger partial charge in [-0.1, -0.05) is 18.2 Å². The summed E-state index contributed by atoms with van der Waals surface area (Å²) in [5, 5.41) is 11.1. The fourth-order valence-electron chi connectivity index (χ4n) is 1.32. The molecule has 1 aromatic rings. The summed E-state index contributed by atoms with van der Waals surface area (Å²) < 4.78 is 0. The molecule has 98 valence electrons. The number of anilines is 1. The van der Waals surface area contributed by atoms with Gasteiger partial charge in [-0.2, -0.15) is 0 Å². The zero-order chi connectivity index (χ0) is 13.4. The molecule has 0 bridgehead atoms. The third-order valence-electron chi connectivity index (χ3n) is 2.31. The molecule has 4 nitrogen and oxygen atoms in total. The average molecular weight is 267 g/mol. The number of carbonyl (C=O) groups is 2. The van der Waals surface area contributed by atoms with E-state index in [1.54, 1.807) is 0 Å². The van der Waals surface area contributed by atoms with Gasteiger partial charge in [0.2, 0.25) is 5.91 Å². The molecular weight excluding hydrogens is 250 g/mol. The normalized spacial score (nSPS) is 11.8. The number of aliphatic carboxylic acids is 1. The van der Waals surface area contributed by atoms with E-state index in [0.29, 0.717) is 12.2 Å². The second-order valence-electron chi connectivity index (χ2n) is 3.87. The van der Waals surface area contributed by atoms with E-state index in [0.717, 1.165) is 5.69 Å². The summed E-state index contributed by atoms with van der Waals surface area (Å²) in [6.45, 7) is 1.82. The number of rotatable bonds is 7. The molecule has 0 aliphatic rings. The van der Waals surface area contributed by atoms with Gasteiger partial charge >= 0.3 is 5.97 Å². The summed E-state index contributed by atoms with van der Waals surface area (Å²) in [6, 6.07) is 9.28. The molecule has 0 fully saturated rings. The van der Waals surface area contributed by atoms with E-state index in [1.165, 1.54) is 11.8 Å². The van der Waals surface area contributed by atoms with Crippen LogP contribution in [0.2, 0.25) is 0 Å². The van der Waals surface area contributed by atoms with Gasteiger partial charge in [0.25, 0.3) is 0 Å². The molecule has 0 aromatic heterocycles. The molecule has 0 spiro atoms. The predicted molar refractivity (Wildman–Crippen MR) is 73.9 cm³/mol. The minimum Gasteiger partial charge on any atom is -0.481 e. The van der Waals surface area contributed by atoms with Crippen LogP contribution in [0.5, 0.6) is 0 Å². The summed E-state index contributed by atoms with van der Waals surface area (Å²) in [5.74, 6) is -0.172. The number of hydrogen-bond acceptors (Lipinski definition) is 3. The molecule has 0 saturated heterocycles. The maximum Gasteiger partial charge on any atom is 0.303 e. The van der Waals surface area contributed by atoms with Crippen molar-refractivity contribution in [2.24, 2.45) is 0 Å². The Morgan fingerprint density at radius 3 is 2.61 bits per heavy atom. The van der Waals surface area contributed by atoms with Gasteiger partial charge in [0.1, 0.15) is 0 Å². The quantitative estimate of drug-likeness (QED) is 0.745. The maximum absolute atomic E-state index is 11.8. The molecule has 18 heavy (non-hydrogen) atoms. The number of carbonyl (C=O) groups excluding carboxylic acids is 1. The number of carboxylic acids is 1. The first-order valence-electron chi connectivity index (χ1n) is 5.79. The molecule has 2 N–H and O–H groups in total. The lowest BCUT2D eigenvalue weighted by atomic mass is 10.3. The van der Waals surface area contributed by atoms with Crippen molar-refractivity contribution < 1.29 is 14.7 Å². The van der Waals surface area contributed by atoms with Crippen molar-refractivity contribution in [3.63, 3.8) is 0 Å². The van der Waals surface area contributed by atoms with Gasteiger partial charge in [-0.3, -0.25) is 9.59 Å². The summed E-state index contributed by atoms with van der Waals surface area (Å²) >= 11 is 1.47. The smallest absolute Gasteiger partial charge is 0.303 e. The molecule has 0 radical (unpaired) electrons. The summed E-state index contributed by atoms with van der Waals surface area (Å²) in [4.78, 5) is 22.1. The number of amides is 1. The van der Waals surface area contributed by atoms with E-state index >= 15 is 0 Å². The molecule has 0 saturated carbocycles. The molecule has 1 unspecified atom stereocenters. The first-order valence-corrected chi connectivity index (χ1v) is 6.84. The summed E-state index contributed by atoms with van der Waals surface area (Å²) in [7, 11) is 0. The van der Waals surface area contributed by atoms with Crippen LogP contribution < -0.4 is 5.32 Å². The topological polar surface area (TPSA) is 66.4 Å². The molecule has 1 rings (SSSR count). The van der Waals surface area contributed by atoms with E-state index in [4.69, 9.17) is 5.11 Å². The van der Waals surface area contributed by atoms with Crippen LogP contribution in [0.25, 0.3) is 0 Å². The van der Waals surface area contributed by atoms with Gasteiger partial charge in [0.15, 0.2) is 0 Å². The van der Waals surface area contributed by atoms with Gasteiger partial charge in [-0.05, 0) is 31.2 Å². The molecule has 0 heterocycles. The van der Waals surface area contributed by atoms with E-state index < -0.39 is 5.97 Å². The lowest BCUT2D eigenvalue weighted by molar-refractivity contribution is -0.137. The molecule has 5 heteroatoms. The Hall–Kier alpha value is -1.49. The maximum atomic E-state index is 11.8. The van der Waals surface area contributed by atoms with Gasteiger partial charge in [-0.25, -0.2) is 0 Å². The number of hydrogen-bond donors (Lipinski definition) is 2. The number of thioether (sulfide) groups is 1. The van der Waals surface area contributed by atoms with Crippen LogP contribution in [-0.4, -0.2) is 28.0 Å². The fraction of sp³-hybridized carbons (Fsp3) is 0.385. The highest BCUT2D eigenvalue weighted by atomic mass is 32.2. The van der Waals surface area contributed by atoms with Gasteiger partial charge in [-0.15, -0.1) is 11.8 Å². The van der Waals surface area contributed by atoms with E-state index in [1.807, 2.05) is 37.3 Å². The fourth-order valence-corrected chi connectivity index (χ4v) is 2.20. The number of carboxylic acid groups (broad SMARTS) is 1. The SMILES string of the molecule is CC(SCCCC(=O)O)C(=O)Nc1ccccc1. The zero-order valence-electron chi connectivity index (χ0n) is 10.3. The Morgan fingerprint density at radius 1 is 1.33 bits per heavy atom. The van der Waals surface area contributed by atoms with Crippen LogP contribution in [0.3, 0.4) is 0 Å². The third-order valence-corrected chi connectivity index (χ3v) is 3.55. The van der Waals surface area contributed by atoms with Gasteiger partial charge < -0.3 is 10.4 Å². The van der Waals surface area contributed by atoms with E-state index in [9.17, 15) is 9.59 Å². The largest absolute Gasteiger partial charge is 0.481 e. The minimum atomic E-state index is -0.794. The van der Waals surface area contributed by atoms with E-state index in [-0.39, 0.29) is 17.6 Å². The summed E-state index contributed by atoms with van der Waals surface area (Å²) in [6.07, 6.45) is 0.739. The Balaban J connectivity index is 2.27. The molecule has 1 amide bonds. The zero-order valence-corrected chi connectivity index (χ0v) is 11.1. The third kappa shape index (κ3) is 5.72. The lowest BCUT2D eigenvalue weighted by Gasteiger charge is -2.11. The van der Waals surface area contributed by atoms with Crippen LogP contribution in [-0.2, 0) is 9.59 Å². The number of benzene rings is 1. The monoisotopic (exact) mass is 267 g/mol. The predicted octanol–water partition coefficient (Wildman–Crippen LogP) is 2.61. The van der Waals surface area contributed by atoms with Crippen LogP contribution in [0.15, 0.2) is 30.3 Å². The lowest BCUT2D eigenvalue weighted by Crippen LogP contribution is -2.22. The first-order chi connectivity index (χ1) is 8.59. The van der Waals surface area contributed by atoms with Crippen molar-refractivity contribution >= 4 is 29.3 Å². The second-order valence-corrected chi connectivity index (χ2v) is 5.31. The van der Waals surface area contributed by atoms with Crippen LogP contribution in [0, 0.1) is 0 Å². The minimum absolute atomic E-state index is 0.0541. The van der Waals surface area contributed by atoms with Crippen molar-refractivity contribution in [2.45, 2.75) is 25.0 Å². The van der Waals surface area contributed by atoms with Crippen molar-refractivity contribution in [1.82, 2.24) is 0 Å². The van der Waals surface area contributed by atoms with E-state index in [2.05, 4.69) is 5.32 Å².